The van der Waals surface area contributed by atoms with Gasteiger partial charge in [0.15, 0.2) is 0 Å². The summed E-state index contributed by atoms with van der Waals surface area (Å²) in [6.07, 6.45) is 0. The van der Waals surface area contributed by atoms with E-state index in [2.05, 4.69) is 12.2 Å². The van der Waals surface area contributed by atoms with Crippen molar-refractivity contribution in [2.24, 2.45) is 5.73 Å². The van der Waals surface area contributed by atoms with E-state index in [0.717, 1.165) is 12.2 Å². The van der Waals surface area contributed by atoms with Crippen LogP contribution in [0.15, 0.2) is 18.2 Å². The Hall–Kier alpha value is -1.39. The molecule has 1 aromatic rings. The van der Waals surface area contributed by atoms with E-state index in [1.54, 1.807) is 0 Å². The van der Waals surface area contributed by atoms with Gasteiger partial charge in [-0.1, -0.05) is 6.07 Å². The van der Waals surface area contributed by atoms with Crippen molar-refractivity contribution < 1.29 is 4.79 Å². The molecule has 3 N–H and O–H groups in total. The molecule has 0 unspecified atom stereocenters. The summed E-state index contributed by atoms with van der Waals surface area (Å²) in [4.78, 5) is 13.6. The number of hydrogen-bond acceptors (Lipinski definition) is 3. The highest BCUT2D eigenvalue weighted by Crippen LogP contribution is 2.13. The average Bonchev–Trinajstić information content (AvgIpc) is 2.23. The predicted octanol–water partition coefficient (Wildman–Crippen LogP) is 1.13. The number of rotatable bonds is 5. The van der Waals surface area contributed by atoms with Crippen LogP contribution in [0.5, 0.6) is 0 Å². The predicted molar refractivity (Wildman–Crippen MR) is 71.1 cm³/mol. The summed E-state index contributed by atoms with van der Waals surface area (Å²) in [6, 6.07) is 5.91. The van der Waals surface area contributed by atoms with Crippen molar-refractivity contribution in [3.8, 4) is 0 Å². The highest BCUT2D eigenvalue weighted by molar-refractivity contribution is 5.92. The fraction of sp³-hybridized carbons (Fsp3) is 0.462. The zero-order valence-electron chi connectivity index (χ0n) is 10.8. The molecule has 0 atom stereocenters. The Kier molecular flexibility index (Phi) is 5.12. The van der Waals surface area contributed by atoms with E-state index in [0.29, 0.717) is 13.1 Å². The molecule has 1 aromatic carbocycles. The van der Waals surface area contributed by atoms with Gasteiger partial charge < -0.3 is 11.1 Å². The molecule has 4 nitrogen and oxygen atoms in total. The summed E-state index contributed by atoms with van der Waals surface area (Å²) in [5.41, 5.74) is 8.67. The number of aryl methyl sites for hydroxylation is 2. The zero-order valence-corrected chi connectivity index (χ0v) is 10.8. The van der Waals surface area contributed by atoms with Crippen LogP contribution in [0, 0.1) is 13.8 Å². The minimum Gasteiger partial charge on any atom is -0.329 e. The molecule has 1 rings (SSSR count). The molecule has 4 heteroatoms. The second-order valence-corrected chi connectivity index (χ2v) is 4.37. The van der Waals surface area contributed by atoms with Crippen molar-refractivity contribution in [2.45, 2.75) is 13.8 Å². The number of nitrogens with zero attached hydrogens (tertiary/aromatic N) is 1. The third-order valence-corrected chi connectivity index (χ3v) is 2.72. The molecule has 0 aliphatic carbocycles. The van der Waals surface area contributed by atoms with E-state index < -0.39 is 0 Å². The van der Waals surface area contributed by atoms with Crippen molar-refractivity contribution in [3.63, 3.8) is 0 Å². The lowest BCUT2D eigenvalue weighted by atomic mass is 10.1. The van der Waals surface area contributed by atoms with Crippen molar-refractivity contribution in [1.29, 1.82) is 0 Å². The molecular formula is C13H21N3O. The number of nitrogens with one attached hydrogen (secondary N) is 1. The highest BCUT2D eigenvalue weighted by Gasteiger charge is 2.06. The van der Waals surface area contributed by atoms with Gasteiger partial charge in [0.25, 0.3) is 0 Å². The summed E-state index contributed by atoms with van der Waals surface area (Å²) in [7, 11) is 1.88. The van der Waals surface area contributed by atoms with Crippen LogP contribution in [0.1, 0.15) is 11.1 Å². The van der Waals surface area contributed by atoms with Crippen LogP contribution in [-0.4, -0.2) is 37.5 Å². The Morgan fingerprint density at radius 3 is 2.65 bits per heavy atom. The molecule has 0 radical (unpaired) electrons. The SMILES string of the molecule is Cc1ccc(NC(=O)CN(C)CCN)cc1C. The summed E-state index contributed by atoms with van der Waals surface area (Å²) in [5, 5.41) is 2.88. The minimum absolute atomic E-state index is 0.01000. The van der Waals surface area contributed by atoms with E-state index in [-0.39, 0.29) is 5.91 Å². The number of anilines is 1. The zero-order chi connectivity index (χ0) is 12.8. The largest absolute Gasteiger partial charge is 0.329 e. The van der Waals surface area contributed by atoms with E-state index in [1.807, 2.05) is 37.1 Å². The third kappa shape index (κ3) is 4.54. The maximum atomic E-state index is 11.7. The molecule has 94 valence electrons. The Balaban J connectivity index is 2.53. The molecule has 0 aliphatic heterocycles. The van der Waals surface area contributed by atoms with E-state index in [9.17, 15) is 4.79 Å². The molecular weight excluding hydrogens is 214 g/mol. The van der Waals surface area contributed by atoms with Gasteiger partial charge in [0.05, 0.1) is 6.54 Å². The maximum Gasteiger partial charge on any atom is 0.238 e. The molecule has 0 aromatic heterocycles. The summed E-state index contributed by atoms with van der Waals surface area (Å²) in [6.45, 7) is 5.74. The van der Waals surface area contributed by atoms with Gasteiger partial charge in [-0.3, -0.25) is 9.69 Å². The van der Waals surface area contributed by atoms with Crippen LogP contribution < -0.4 is 11.1 Å². The van der Waals surface area contributed by atoms with Gasteiger partial charge in [-0.15, -0.1) is 0 Å². The number of amides is 1. The highest BCUT2D eigenvalue weighted by atomic mass is 16.2. The van der Waals surface area contributed by atoms with Crippen molar-refractivity contribution in [3.05, 3.63) is 29.3 Å². The number of nitrogens with two attached hydrogens (primary N) is 1. The average molecular weight is 235 g/mol. The first-order chi connectivity index (χ1) is 8.02. The van der Waals surface area contributed by atoms with Crippen molar-refractivity contribution in [1.82, 2.24) is 4.90 Å². The lowest BCUT2D eigenvalue weighted by Crippen LogP contribution is -2.33. The first-order valence-electron chi connectivity index (χ1n) is 5.78. The molecule has 0 heterocycles. The fourth-order valence-corrected chi connectivity index (χ4v) is 1.56. The van der Waals surface area contributed by atoms with Gasteiger partial charge >= 0.3 is 0 Å². The molecule has 0 spiro atoms. The van der Waals surface area contributed by atoms with E-state index in [4.69, 9.17) is 5.73 Å². The van der Waals surface area contributed by atoms with Gasteiger partial charge in [-0.25, -0.2) is 0 Å². The lowest BCUT2D eigenvalue weighted by Gasteiger charge is -2.15. The van der Waals surface area contributed by atoms with Crippen molar-refractivity contribution in [2.75, 3.05) is 32.0 Å². The maximum absolute atomic E-state index is 11.7. The normalized spacial score (nSPS) is 10.6. The first-order valence-corrected chi connectivity index (χ1v) is 5.78. The molecule has 17 heavy (non-hydrogen) atoms. The Bertz CT molecular complexity index is 390. The number of carbonyl (C=O) groups is 1. The third-order valence-electron chi connectivity index (χ3n) is 2.72. The quantitative estimate of drug-likeness (QED) is 0.804. The summed E-state index contributed by atoms with van der Waals surface area (Å²) in [5.74, 6) is -0.01000. The van der Waals surface area contributed by atoms with Crippen LogP contribution in [-0.2, 0) is 4.79 Å². The van der Waals surface area contributed by atoms with Crippen LogP contribution in [0.4, 0.5) is 5.69 Å². The van der Waals surface area contributed by atoms with Crippen LogP contribution in [0.3, 0.4) is 0 Å². The fourth-order valence-electron chi connectivity index (χ4n) is 1.56. The standard InChI is InChI=1S/C13H21N3O/c1-10-4-5-12(8-11(10)2)15-13(17)9-16(3)7-6-14/h4-5,8H,6-7,9,14H2,1-3H3,(H,15,17). The Morgan fingerprint density at radius 2 is 2.06 bits per heavy atom. The number of likely N-dealkylation sites (N-methyl/N-ethyl adjacent to an activating group) is 1. The summed E-state index contributed by atoms with van der Waals surface area (Å²) >= 11 is 0. The molecule has 0 bridgehead atoms. The second kappa shape index (κ2) is 6.37. The smallest absolute Gasteiger partial charge is 0.238 e. The van der Waals surface area contributed by atoms with Crippen LogP contribution >= 0.6 is 0 Å². The van der Waals surface area contributed by atoms with Crippen molar-refractivity contribution >= 4 is 11.6 Å². The first kappa shape index (κ1) is 13.7. The van der Waals surface area contributed by atoms with Gasteiger partial charge in [0.2, 0.25) is 5.91 Å². The Labute approximate surface area is 103 Å². The van der Waals surface area contributed by atoms with Crippen LogP contribution in [0.25, 0.3) is 0 Å². The minimum atomic E-state index is -0.01000. The number of carbonyl (C=O) groups excluding carboxylic acids is 1. The van der Waals surface area contributed by atoms with Gasteiger partial charge in [0, 0.05) is 18.8 Å². The van der Waals surface area contributed by atoms with E-state index >= 15 is 0 Å². The molecule has 0 saturated heterocycles. The summed E-state index contributed by atoms with van der Waals surface area (Å²) < 4.78 is 0. The Morgan fingerprint density at radius 1 is 1.35 bits per heavy atom. The number of benzene rings is 1. The lowest BCUT2D eigenvalue weighted by molar-refractivity contribution is -0.117. The second-order valence-electron chi connectivity index (χ2n) is 4.37. The molecule has 0 fully saturated rings. The van der Waals surface area contributed by atoms with E-state index in [1.165, 1.54) is 11.1 Å². The van der Waals surface area contributed by atoms with Gasteiger partial charge in [0.1, 0.15) is 0 Å². The van der Waals surface area contributed by atoms with Gasteiger partial charge in [-0.05, 0) is 44.2 Å². The topological polar surface area (TPSA) is 58.4 Å². The van der Waals surface area contributed by atoms with Gasteiger partial charge in [-0.2, -0.15) is 0 Å². The molecule has 1 amide bonds. The molecule has 0 saturated carbocycles. The number of hydrogen-bond donors (Lipinski definition) is 2. The van der Waals surface area contributed by atoms with Crippen LogP contribution in [0.2, 0.25) is 0 Å². The molecule has 0 aliphatic rings. The monoisotopic (exact) mass is 235 g/mol.